The van der Waals surface area contributed by atoms with Gasteiger partial charge in [0, 0.05) is 10.0 Å². The standard InChI is InChI=1S/C21H21Cl2N3O3/c1-3-21(15-6-10-17(23)11-7-15)19(28)26(20(29)25-21)12-18(27)24-13(2)14-4-8-16(22)9-5-14/h4-11,13H,3,12H2,1-2H3,(H,24,27)(H,25,29). The average molecular weight is 434 g/mol. The number of rotatable bonds is 6. The third kappa shape index (κ3) is 4.23. The van der Waals surface area contributed by atoms with Crippen LogP contribution < -0.4 is 10.6 Å². The van der Waals surface area contributed by atoms with Crippen molar-refractivity contribution in [1.82, 2.24) is 15.5 Å². The van der Waals surface area contributed by atoms with Crippen molar-refractivity contribution in [3.63, 3.8) is 0 Å². The predicted octanol–water partition coefficient (Wildman–Crippen LogP) is 4.03. The molecule has 8 heteroatoms. The molecule has 3 rings (SSSR count). The lowest BCUT2D eigenvalue weighted by Crippen LogP contribution is -2.45. The summed E-state index contributed by atoms with van der Waals surface area (Å²) in [6.07, 6.45) is 0.346. The lowest BCUT2D eigenvalue weighted by molar-refractivity contribution is -0.135. The number of carbonyl (C=O) groups is 3. The Balaban J connectivity index is 1.73. The van der Waals surface area contributed by atoms with Crippen molar-refractivity contribution in [2.45, 2.75) is 31.8 Å². The molecule has 152 valence electrons. The summed E-state index contributed by atoms with van der Waals surface area (Å²) in [6, 6.07) is 12.9. The molecule has 0 saturated carbocycles. The van der Waals surface area contributed by atoms with Gasteiger partial charge in [-0.25, -0.2) is 4.79 Å². The number of nitrogens with zero attached hydrogens (tertiary/aromatic N) is 1. The van der Waals surface area contributed by atoms with Crippen LogP contribution in [0.2, 0.25) is 10.0 Å². The second-order valence-corrected chi connectivity index (χ2v) is 7.80. The number of urea groups is 1. The number of nitrogens with one attached hydrogen (secondary N) is 2. The van der Waals surface area contributed by atoms with Gasteiger partial charge in [-0.2, -0.15) is 0 Å². The summed E-state index contributed by atoms with van der Waals surface area (Å²) in [5, 5.41) is 6.69. The van der Waals surface area contributed by atoms with Gasteiger partial charge in [-0.15, -0.1) is 0 Å². The van der Waals surface area contributed by atoms with E-state index in [1.165, 1.54) is 0 Å². The van der Waals surface area contributed by atoms with Crippen LogP contribution in [0.15, 0.2) is 48.5 Å². The van der Waals surface area contributed by atoms with Gasteiger partial charge in [-0.05, 0) is 48.7 Å². The summed E-state index contributed by atoms with van der Waals surface area (Å²) in [4.78, 5) is 39.0. The van der Waals surface area contributed by atoms with E-state index in [1.807, 2.05) is 19.1 Å². The van der Waals surface area contributed by atoms with Crippen LogP contribution in [0.4, 0.5) is 4.79 Å². The molecule has 0 spiro atoms. The molecule has 29 heavy (non-hydrogen) atoms. The van der Waals surface area contributed by atoms with Crippen LogP contribution >= 0.6 is 23.2 Å². The predicted molar refractivity (Wildman–Crippen MR) is 112 cm³/mol. The minimum Gasteiger partial charge on any atom is -0.348 e. The Hall–Kier alpha value is -2.57. The molecule has 1 aliphatic heterocycles. The van der Waals surface area contributed by atoms with Crippen LogP contribution in [0, 0.1) is 0 Å². The first-order valence-electron chi connectivity index (χ1n) is 9.22. The first-order chi connectivity index (χ1) is 13.8. The Kier molecular flexibility index (Phi) is 6.15. The SMILES string of the molecule is CCC1(c2ccc(Cl)cc2)NC(=O)N(CC(=O)NC(C)c2ccc(Cl)cc2)C1=O. The van der Waals surface area contributed by atoms with Crippen molar-refractivity contribution < 1.29 is 14.4 Å². The van der Waals surface area contributed by atoms with Gasteiger partial charge < -0.3 is 10.6 Å². The molecule has 1 saturated heterocycles. The second-order valence-electron chi connectivity index (χ2n) is 6.93. The monoisotopic (exact) mass is 433 g/mol. The first kappa shape index (κ1) is 21.1. The van der Waals surface area contributed by atoms with Crippen molar-refractivity contribution in [2.24, 2.45) is 0 Å². The number of amides is 4. The van der Waals surface area contributed by atoms with Crippen LogP contribution in [-0.4, -0.2) is 29.3 Å². The van der Waals surface area contributed by atoms with E-state index in [0.717, 1.165) is 10.5 Å². The minimum absolute atomic E-state index is 0.298. The number of halogens is 2. The van der Waals surface area contributed by atoms with Gasteiger partial charge in [0.15, 0.2) is 0 Å². The largest absolute Gasteiger partial charge is 0.348 e. The summed E-state index contributed by atoms with van der Waals surface area (Å²) in [5.74, 6) is -0.888. The lowest BCUT2D eigenvalue weighted by Gasteiger charge is -2.26. The number of benzene rings is 2. The Bertz CT molecular complexity index is 931. The summed E-state index contributed by atoms with van der Waals surface area (Å²) >= 11 is 11.8. The molecule has 2 aromatic carbocycles. The minimum atomic E-state index is -1.20. The van der Waals surface area contributed by atoms with E-state index in [-0.39, 0.29) is 12.6 Å². The van der Waals surface area contributed by atoms with Crippen LogP contribution in [0.1, 0.15) is 37.4 Å². The maximum Gasteiger partial charge on any atom is 0.325 e. The van der Waals surface area contributed by atoms with E-state index in [2.05, 4.69) is 10.6 Å². The van der Waals surface area contributed by atoms with Gasteiger partial charge in [0.25, 0.3) is 5.91 Å². The molecule has 4 amide bonds. The molecule has 1 heterocycles. The van der Waals surface area contributed by atoms with Gasteiger partial charge in [-0.3, -0.25) is 14.5 Å². The molecule has 6 nitrogen and oxygen atoms in total. The summed E-state index contributed by atoms with van der Waals surface area (Å²) in [7, 11) is 0. The van der Waals surface area contributed by atoms with E-state index in [9.17, 15) is 14.4 Å². The number of carbonyl (C=O) groups excluding carboxylic acids is 3. The highest BCUT2D eigenvalue weighted by Crippen LogP contribution is 2.33. The maximum atomic E-state index is 13.1. The number of hydrogen-bond acceptors (Lipinski definition) is 3. The Labute approximate surface area is 179 Å². The molecule has 2 N–H and O–H groups in total. The van der Waals surface area contributed by atoms with E-state index >= 15 is 0 Å². The fraction of sp³-hybridized carbons (Fsp3) is 0.286. The van der Waals surface area contributed by atoms with Gasteiger partial charge in [0.2, 0.25) is 5.91 Å². The fourth-order valence-electron chi connectivity index (χ4n) is 3.41. The topological polar surface area (TPSA) is 78.5 Å². The number of imide groups is 1. The molecule has 0 radical (unpaired) electrons. The van der Waals surface area contributed by atoms with E-state index in [0.29, 0.717) is 22.0 Å². The molecule has 2 aromatic rings. The normalized spacial score (nSPS) is 19.8. The first-order valence-corrected chi connectivity index (χ1v) is 9.97. The maximum absolute atomic E-state index is 13.1. The van der Waals surface area contributed by atoms with Crippen molar-refractivity contribution in [1.29, 1.82) is 0 Å². The Morgan fingerprint density at radius 1 is 1.07 bits per heavy atom. The van der Waals surface area contributed by atoms with E-state index in [4.69, 9.17) is 23.2 Å². The van der Waals surface area contributed by atoms with Crippen LogP contribution in [-0.2, 0) is 15.1 Å². The quantitative estimate of drug-likeness (QED) is 0.674. The molecule has 1 aliphatic rings. The third-order valence-electron chi connectivity index (χ3n) is 5.09. The molecule has 0 bridgehead atoms. The fourth-order valence-corrected chi connectivity index (χ4v) is 3.66. The summed E-state index contributed by atoms with van der Waals surface area (Å²) in [5.41, 5.74) is 0.285. The lowest BCUT2D eigenvalue weighted by atomic mass is 9.87. The molecular formula is C21H21Cl2N3O3. The zero-order chi connectivity index (χ0) is 21.2. The van der Waals surface area contributed by atoms with E-state index in [1.54, 1.807) is 43.3 Å². The zero-order valence-corrected chi connectivity index (χ0v) is 17.6. The van der Waals surface area contributed by atoms with Crippen molar-refractivity contribution in [3.05, 3.63) is 69.7 Å². The Morgan fingerprint density at radius 2 is 1.62 bits per heavy atom. The van der Waals surface area contributed by atoms with Crippen molar-refractivity contribution in [3.8, 4) is 0 Å². The van der Waals surface area contributed by atoms with Crippen LogP contribution in [0.25, 0.3) is 0 Å². The Morgan fingerprint density at radius 3 is 2.17 bits per heavy atom. The molecule has 2 unspecified atom stereocenters. The highest BCUT2D eigenvalue weighted by Gasteiger charge is 2.51. The zero-order valence-electron chi connectivity index (χ0n) is 16.0. The van der Waals surface area contributed by atoms with Crippen LogP contribution in [0.5, 0.6) is 0 Å². The summed E-state index contributed by atoms with van der Waals surface area (Å²) < 4.78 is 0. The van der Waals surface area contributed by atoms with Gasteiger partial charge >= 0.3 is 6.03 Å². The summed E-state index contributed by atoms with van der Waals surface area (Å²) in [6.45, 7) is 3.26. The number of hydrogen-bond donors (Lipinski definition) is 2. The highest BCUT2D eigenvalue weighted by molar-refractivity contribution is 6.30. The van der Waals surface area contributed by atoms with E-state index < -0.39 is 23.4 Å². The van der Waals surface area contributed by atoms with Crippen molar-refractivity contribution in [2.75, 3.05) is 6.54 Å². The van der Waals surface area contributed by atoms with Crippen molar-refractivity contribution >= 4 is 41.0 Å². The van der Waals surface area contributed by atoms with Gasteiger partial charge in [-0.1, -0.05) is 54.4 Å². The highest BCUT2D eigenvalue weighted by atomic mass is 35.5. The van der Waals surface area contributed by atoms with Gasteiger partial charge in [0.05, 0.1) is 6.04 Å². The molecule has 0 aromatic heterocycles. The molecular weight excluding hydrogens is 413 g/mol. The van der Waals surface area contributed by atoms with Crippen LogP contribution in [0.3, 0.4) is 0 Å². The third-order valence-corrected chi connectivity index (χ3v) is 5.60. The molecule has 0 aliphatic carbocycles. The smallest absolute Gasteiger partial charge is 0.325 e. The second kappa shape index (κ2) is 8.43. The molecule has 2 atom stereocenters. The average Bonchev–Trinajstić information content (AvgIpc) is 2.94. The van der Waals surface area contributed by atoms with Gasteiger partial charge in [0.1, 0.15) is 12.1 Å². The molecule has 1 fully saturated rings.